The van der Waals surface area contributed by atoms with Crippen molar-refractivity contribution < 1.29 is 9.53 Å². The summed E-state index contributed by atoms with van der Waals surface area (Å²) in [6, 6.07) is 6.63. The number of hydrogen-bond acceptors (Lipinski definition) is 4. The van der Waals surface area contributed by atoms with Gasteiger partial charge in [-0.2, -0.15) is 5.10 Å². The van der Waals surface area contributed by atoms with Gasteiger partial charge in [0.05, 0.1) is 10.7 Å². The number of rotatable bonds is 3. The number of aryl methyl sites for hydroxylation is 1. The van der Waals surface area contributed by atoms with Crippen LogP contribution >= 0.6 is 11.6 Å². The molecule has 0 aliphatic heterocycles. The number of nitrogens with zero attached hydrogens (tertiary/aromatic N) is 2. The molecule has 0 spiro atoms. The average Bonchev–Trinajstić information content (AvgIpc) is 2.72. The van der Waals surface area contributed by atoms with Crippen molar-refractivity contribution in [2.75, 3.05) is 5.73 Å². The molecule has 0 unspecified atom stereocenters. The lowest BCUT2D eigenvalue weighted by atomic mass is 10.2. The summed E-state index contributed by atoms with van der Waals surface area (Å²) in [6.45, 7) is 0.0876. The Morgan fingerprint density at radius 2 is 2.28 bits per heavy atom. The van der Waals surface area contributed by atoms with Crippen molar-refractivity contribution in [1.29, 1.82) is 0 Å². The molecule has 0 saturated heterocycles. The fourth-order valence-corrected chi connectivity index (χ4v) is 1.77. The fourth-order valence-electron chi connectivity index (χ4n) is 1.51. The molecule has 0 aliphatic rings. The van der Waals surface area contributed by atoms with Crippen LogP contribution < -0.4 is 5.73 Å². The summed E-state index contributed by atoms with van der Waals surface area (Å²) in [5, 5.41) is 4.38. The fraction of sp³-hybridized carbons (Fsp3) is 0.167. The third-order valence-electron chi connectivity index (χ3n) is 2.37. The molecule has 0 aliphatic carbocycles. The number of ether oxygens (including phenoxy) is 1. The van der Waals surface area contributed by atoms with Crippen LogP contribution in [-0.4, -0.2) is 15.7 Å². The van der Waals surface area contributed by atoms with E-state index in [1.807, 2.05) is 0 Å². The van der Waals surface area contributed by atoms with E-state index in [9.17, 15) is 4.79 Å². The lowest BCUT2D eigenvalue weighted by Gasteiger charge is -2.07. The average molecular weight is 266 g/mol. The van der Waals surface area contributed by atoms with Gasteiger partial charge < -0.3 is 10.5 Å². The molecular formula is C12H12ClN3O2. The summed E-state index contributed by atoms with van der Waals surface area (Å²) in [5.41, 5.74) is 6.84. The molecule has 0 atom stereocenters. The van der Waals surface area contributed by atoms with Gasteiger partial charge in [-0.15, -0.1) is 0 Å². The van der Waals surface area contributed by atoms with E-state index in [1.165, 1.54) is 0 Å². The molecule has 0 bridgehead atoms. The van der Waals surface area contributed by atoms with Gasteiger partial charge in [0.2, 0.25) is 0 Å². The van der Waals surface area contributed by atoms with Crippen molar-refractivity contribution in [2.24, 2.45) is 7.05 Å². The Morgan fingerprint density at radius 3 is 2.89 bits per heavy atom. The molecule has 0 amide bonds. The van der Waals surface area contributed by atoms with Crippen LogP contribution in [0.4, 0.5) is 5.69 Å². The smallest absolute Gasteiger partial charge is 0.342 e. The molecule has 1 aromatic carbocycles. The minimum absolute atomic E-state index is 0.0876. The van der Waals surface area contributed by atoms with Crippen molar-refractivity contribution in [3.05, 3.63) is 46.7 Å². The molecule has 5 nitrogen and oxygen atoms in total. The van der Waals surface area contributed by atoms with Crippen molar-refractivity contribution in [3.63, 3.8) is 0 Å². The number of nitrogens with two attached hydrogens (primary N) is 1. The summed E-state index contributed by atoms with van der Waals surface area (Å²) in [7, 11) is 1.79. The second kappa shape index (κ2) is 5.10. The monoisotopic (exact) mass is 265 g/mol. The van der Waals surface area contributed by atoms with Gasteiger partial charge in [-0.05, 0) is 18.2 Å². The van der Waals surface area contributed by atoms with Crippen molar-refractivity contribution >= 4 is 23.3 Å². The highest BCUT2D eigenvalue weighted by Crippen LogP contribution is 2.23. The SMILES string of the molecule is Cn1ccc(COC(=O)c2c(N)cccc2Cl)n1. The van der Waals surface area contributed by atoms with Crippen LogP contribution in [0.15, 0.2) is 30.5 Å². The molecule has 2 aromatic rings. The van der Waals surface area contributed by atoms with Crippen molar-refractivity contribution in [2.45, 2.75) is 6.61 Å². The van der Waals surface area contributed by atoms with E-state index in [0.29, 0.717) is 11.4 Å². The molecule has 2 rings (SSSR count). The molecule has 6 heteroatoms. The minimum atomic E-state index is -0.552. The van der Waals surface area contributed by atoms with Crippen LogP contribution in [0.25, 0.3) is 0 Å². The van der Waals surface area contributed by atoms with E-state index < -0.39 is 5.97 Å². The van der Waals surface area contributed by atoms with Crippen LogP contribution in [0.1, 0.15) is 16.1 Å². The van der Waals surface area contributed by atoms with Gasteiger partial charge in [-0.3, -0.25) is 4.68 Å². The Labute approximate surface area is 109 Å². The quantitative estimate of drug-likeness (QED) is 0.681. The third kappa shape index (κ3) is 2.62. The molecule has 2 N–H and O–H groups in total. The Balaban J connectivity index is 2.08. The number of hydrogen-bond donors (Lipinski definition) is 1. The number of esters is 1. The standard InChI is InChI=1S/C12H12ClN3O2/c1-16-6-5-8(15-16)7-18-12(17)11-9(13)3-2-4-10(11)14/h2-6H,7,14H2,1H3. The van der Waals surface area contributed by atoms with Gasteiger partial charge >= 0.3 is 5.97 Å². The Hall–Kier alpha value is -2.01. The van der Waals surface area contributed by atoms with Gasteiger partial charge in [-0.1, -0.05) is 17.7 Å². The number of halogens is 1. The minimum Gasteiger partial charge on any atom is -0.455 e. The lowest BCUT2D eigenvalue weighted by Crippen LogP contribution is -2.09. The zero-order valence-corrected chi connectivity index (χ0v) is 10.5. The van der Waals surface area contributed by atoms with E-state index in [1.54, 1.807) is 42.2 Å². The van der Waals surface area contributed by atoms with Crippen LogP contribution in [0.5, 0.6) is 0 Å². The van der Waals surface area contributed by atoms with Crippen LogP contribution in [-0.2, 0) is 18.4 Å². The predicted octanol–water partition coefficient (Wildman–Crippen LogP) is 2.01. The number of carbonyl (C=O) groups is 1. The third-order valence-corrected chi connectivity index (χ3v) is 2.68. The first-order valence-corrected chi connectivity index (χ1v) is 5.65. The highest BCUT2D eigenvalue weighted by molar-refractivity contribution is 6.34. The number of carbonyl (C=O) groups excluding carboxylic acids is 1. The Bertz CT molecular complexity index is 560. The maximum absolute atomic E-state index is 11.8. The van der Waals surface area contributed by atoms with E-state index in [2.05, 4.69) is 5.10 Å². The summed E-state index contributed by atoms with van der Waals surface area (Å²) in [4.78, 5) is 11.8. The number of nitrogen functional groups attached to an aromatic ring is 1. The molecular weight excluding hydrogens is 254 g/mol. The van der Waals surface area contributed by atoms with Crippen molar-refractivity contribution in [3.8, 4) is 0 Å². The molecule has 0 radical (unpaired) electrons. The van der Waals surface area contributed by atoms with E-state index in [4.69, 9.17) is 22.1 Å². The largest absolute Gasteiger partial charge is 0.455 e. The molecule has 0 fully saturated rings. The summed E-state index contributed by atoms with van der Waals surface area (Å²) in [5.74, 6) is -0.552. The van der Waals surface area contributed by atoms with E-state index >= 15 is 0 Å². The normalized spacial score (nSPS) is 10.3. The Kier molecular flexibility index (Phi) is 3.53. The number of aromatic nitrogens is 2. The zero-order chi connectivity index (χ0) is 13.1. The van der Waals surface area contributed by atoms with Gasteiger partial charge in [0, 0.05) is 18.9 Å². The topological polar surface area (TPSA) is 70.1 Å². The van der Waals surface area contributed by atoms with Gasteiger partial charge in [0.25, 0.3) is 0 Å². The maximum Gasteiger partial charge on any atom is 0.342 e. The van der Waals surface area contributed by atoms with Gasteiger partial charge in [-0.25, -0.2) is 4.79 Å². The van der Waals surface area contributed by atoms with Crippen LogP contribution in [0.3, 0.4) is 0 Å². The predicted molar refractivity (Wildman–Crippen MR) is 68.2 cm³/mol. The summed E-state index contributed by atoms with van der Waals surface area (Å²) >= 11 is 5.91. The number of anilines is 1. The lowest BCUT2D eigenvalue weighted by molar-refractivity contribution is 0.0468. The first-order chi connectivity index (χ1) is 8.58. The maximum atomic E-state index is 11.8. The summed E-state index contributed by atoms with van der Waals surface area (Å²) < 4.78 is 6.74. The second-order valence-corrected chi connectivity index (χ2v) is 4.17. The highest BCUT2D eigenvalue weighted by atomic mass is 35.5. The molecule has 94 valence electrons. The Morgan fingerprint density at radius 1 is 1.50 bits per heavy atom. The summed E-state index contributed by atoms with van der Waals surface area (Å²) in [6.07, 6.45) is 1.77. The molecule has 18 heavy (non-hydrogen) atoms. The number of benzene rings is 1. The van der Waals surface area contributed by atoms with Crippen LogP contribution in [0.2, 0.25) is 5.02 Å². The molecule has 0 saturated carbocycles. The first kappa shape index (κ1) is 12.4. The first-order valence-electron chi connectivity index (χ1n) is 5.27. The van der Waals surface area contributed by atoms with E-state index in [-0.39, 0.29) is 17.2 Å². The van der Waals surface area contributed by atoms with Crippen LogP contribution in [0, 0.1) is 0 Å². The van der Waals surface area contributed by atoms with E-state index in [0.717, 1.165) is 0 Å². The highest BCUT2D eigenvalue weighted by Gasteiger charge is 2.15. The van der Waals surface area contributed by atoms with Gasteiger partial charge in [0.1, 0.15) is 12.2 Å². The van der Waals surface area contributed by atoms with Gasteiger partial charge in [0.15, 0.2) is 0 Å². The van der Waals surface area contributed by atoms with Crippen molar-refractivity contribution in [1.82, 2.24) is 9.78 Å². The molecule has 1 heterocycles. The second-order valence-electron chi connectivity index (χ2n) is 3.76. The molecule has 1 aromatic heterocycles. The zero-order valence-electron chi connectivity index (χ0n) is 9.76.